The number of hydrogen-bond acceptors (Lipinski definition) is 6. The molecule has 1 unspecified atom stereocenters. The van der Waals surface area contributed by atoms with Crippen molar-refractivity contribution in [1.29, 1.82) is 0 Å². The largest absolute Gasteiger partial charge is 0.477 e. The Morgan fingerprint density at radius 1 is 1.55 bits per heavy atom. The third-order valence-electron chi connectivity index (χ3n) is 4.11. The van der Waals surface area contributed by atoms with E-state index in [2.05, 4.69) is 4.98 Å². The van der Waals surface area contributed by atoms with Gasteiger partial charge in [-0.05, 0) is 13.8 Å². The number of aromatic nitrogens is 1. The Hall–Kier alpha value is -1.38. The predicted octanol–water partition coefficient (Wildman–Crippen LogP) is 1.70. The fourth-order valence-corrected chi connectivity index (χ4v) is 5.24. The molecule has 22 heavy (non-hydrogen) atoms. The number of thioether (sulfide) groups is 1. The maximum absolute atomic E-state index is 12.2. The maximum Gasteiger partial charge on any atom is 0.353 e. The number of amides is 1. The summed E-state index contributed by atoms with van der Waals surface area (Å²) in [5, 5.41) is 21.2. The van der Waals surface area contributed by atoms with Gasteiger partial charge in [0.2, 0.25) is 5.91 Å². The second-order valence-electron chi connectivity index (χ2n) is 5.63. The van der Waals surface area contributed by atoms with Crippen molar-refractivity contribution in [3.8, 4) is 0 Å². The van der Waals surface area contributed by atoms with Gasteiger partial charge in [-0.1, -0.05) is 18.7 Å². The average molecular weight is 340 g/mol. The van der Waals surface area contributed by atoms with Crippen LogP contribution in [0.5, 0.6) is 0 Å². The molecule has 1 saturated heterocycles. The highest BCUT2D eigenvalue weighted by atomic mass is 32.2. The number of aliphatic carboxylic acids is 1. The van der Waals surface area contributed by atoms with Crippen LogP contribution in [0.3, 0.4) is 0 Å². The summed E-state index contributed by atoms with van der Waals surface area (Å²) in [5.41, 5.74) is 0.925. The van der Waals surface area contributed by atoms with Gasteiger partial charge in [0.05, 0.1) is 18.1 Å². The van der Waals surface area contributed by atoms with E-state index < -0.39 is 18.0 Å². The van der Waals surface area contributed by atoms with Gasteiger partial charge in [-0.2, -0.15) is 0 Å². The molecule has 0 saturated carbocycles. The van der Waals surface area contributed by atoms with E-state index in [1.807, 2.05) is 19.2 Å². The fourth-order valence-electron chi connectivity index (χ4n) is 3.13. The Kier molecular flexibility index (Phi) is 3.78. The maximum atomic E-state index is 12.2. The molecule has 0 aromatic carbocycles. The minimum atomic E-state index is -1.11. The summed E-state index contributed by atoms with van der Waals surface area (Å²) in [6.45, 7) is 5.35. The van der Waals surface area contributed by atoms with Gasteiger partial charge in [-0.3, -0.25) is 4.79 Å². The number of hydrogen-bond donors (Lipinski definition) is 2. The number of aliphatic hydroxyl groups excluding tert-OH is 1. The van der Waals surface area contributed by atoms with Gasteiger partial charge in [0.1, 0.15) is 5.70 Å². The molecule has 1 amide bonds. The van der Waals surface area contributed by atoms with Crippen LogP contribution in [0.25, 0.3) is 0 Å². The molecule has 0 bridgehead atoms. The number of carbonyl (C=O) groups excluding carboxylic acids is 1. The van der Waals surface area contributed by atoms with Crippen molar-refractivity contribution < 1.29 is 19.8 Å². The van der Waals surface area contributed by atoms with E-state index >= 15 is 0 Å². The number of rotatable bonds is 4. The highest BCUT2D eigenvalue weighted by molar-refractivity contribution is 8.04. The van der Waals surface area contributed by atoms with Crippen LogP contribution < -0.4 is 0 Å². The number of nitrogens with zero attached hydrogens (tertiary/aromatic N) is 2. The number of thiazole rings is 1. The lowest BCUT2D eigenvalue weighted by molar-refractivity contribution is -0.163. The van der Waals surface area contributed by atoms with E-state index in [-0.39, 0.29) is 23.6 Å². The van der Waals surface area contributed by atoms with Gasteiger partial charge in [0.25, 0.3) is 0 Å². The van der Waals surface area contributed by atoms with Crippen molar-refractivity contribution in [2.75, 3.05) is 0 Å². The Bertz CT molecular complexity index is 682. The zero-order chi connectivity index (χ0) is 16.2. The van der Waals surface area contributed by atoms with Crippen LogP contribution in [-0.4, -0.2) is 44.1 Å². The molecule has 2 aliphatic rings. The quantitative estimate of drug-likeness (QED) is 0.811. The number of fused-ring (bicyclic) bond motifs is 1. The van der Waals surface area contributed by atoms with Crippen LogP contribution in [0.4, 0.5) is 0 Å². The minimum absolute atomic E-state index is 0.0391. The van der Waals surface area contributed by atoms with Crippen LogP contribution in [0, 0.1) is 18.8 Å². The summed E-state index contributed by atoms with van der Waals surface area (Å²) >= 11 is 2.77. The molecule has 0 radical (unpaired) electrons. The van der Waals surface area contributed by atoms with E-state index in [0.29, 0.717) is 4.91 Å². The van der Waals surface area contributed by atoms with Gasteiger partial charge in [-0.15, -0.1) is 11.3 Å². The number of carboxylic acid groups (broad SMARTS) is 1. The van der Waals surface area contributed by atoms with Crippen LogP contribution in [0.2, 0.25) is 0 Å². The van der Waals surface area contributed by atoms with E-state index in [1.54, 1.807) is 6.92 Å². The molecule has 1 fully saturated rings. The van der Waals surface area contributed by atoms with Gasteiger partial charge < -0.3 is 15.1 Å². The fraction of sp³-hybridized carbons (Fsp3) is 0.500. The molecule has 2 N–H and O–H groups in total. The van der Waals surface area contributed by atoms with Gasteiger partial charge in [0.15, 0.2) is 4.34 Å². The highest BCUT2D eigenvalue weighted by Crippen LogP contribution is 2.52. The number of carbonyl (C=O) groups is 2. The van der Waals surface area contributed by atoms with Crippen molar-refractivity contribution >= 4 is 35.0 Å². The molecule has 8 heteroatoms. The van der Waals surface area contributed by atoms with E-state index in [0.717, 1.165) is 10.0 Å². The summed E-state index contributed by atoms with van der Waals surface area (Å²) in [4.78, 5) is 30.1. The first-order valence-electron chi connectivity index (χ1n) is 6.91. The molecule has 6 nitrogen and oxygen atoms in total. The van der Waals surface area contributed by atoms with Crippen LogP contribution in [-0.2, 0) is 9.59 Å². The lowest BCUT2D eigenvalue weighted by atomic mass is 9.79. The smallest absolute Gasteiger partial charge is 0.353 e. The summed E-state index contributed by atoms with van der Waals surface area (Å²) in [6, 6.07) is -0.276. The predicted molar refractivity (Wildman–Crippen MR) is 82.3 cm³/mol. The number of aryl methyl sites for hydroxylation is 1. The SMILES string of the molecule is Cc1csc(SC2=C(C(=O)O)N3C(=O)[C@@H](C(C)O)[C@@H]3[C@H]2C)n1. The monoisotopic (exact) mass is 340 g/mol. The van der Waals surface area contributed by atoms with Crippen molar-refractivity contribution in [2.45, 2.75) is 37.3 Å². The van der Waals surface area contributed by atoms with Gasteiger partial charge in [-0.25, -0.2) is 9.78 Å². The lowest BCUT2D eigenvalue weighted by Crippen LogP contribution is -2.63. The molecular formula is C14H16N2O4S2. The summed E-state index contributed by atoms with van der Waals surface area (Å²) in [5.74, 6) is -2.07. The molecule has 2 aliphatic heterocycles. The molecule has 3 rings (SSSR count). The minimum Gasteiger partial charge on any atom is -0.477 e. The molecule has 1 aromatic heterocycles. The molecule has 118 valence electrons. The van der Waals surface area contributed by atoms with Crippen molar-refractivity contribution in [2.24, 2.45) is 11.8 Å². The van der Waals surface area contributed by atoms with Crippen LogP contribution in [0.1, 0.15) is 19.5 Å². The summed E-state index contributed by atoms with van der Waals surface area (Å²) in [6.07, 6.45) is -0.780. The number of β-lactam (4-membered cyclic amide) rings is 1. The zero-order valence-electron chi connectivity index (χ0n) is 12.3. The normalized spacial score (nSPS) is 28.6. The topological polar surface area (TPSA) is 90.7 Å². The Morgan fingerprint density at radius 2 is 2.23 bits per heavy atom. The second-order valence-corrected chi connectivity index (χ2v) is 7.78. The molecule has 4 atom stereocenters. The van der Waals surface area contributed by atoms with Crippen molar-refractivity contribution in [1.82, 2.24) is 9.88 Å². The number of carboxylic acids is 1. The molecule has 0 spiro atoms. The van der Waals surface area contributed by atoms with Gasteiger partial charge >= 0.3 is 5.97 Å². The molecule has 1 aromatic rings. The van der Waals surface area contributed by atoms with Crippen molar-refractivity contribution in [3.05, 3.63) is 21.7 Å². The van der Waals surface area contributed by atoms with Crippen LogP contribution >= 0.6 is 23.1 Å². The second kappa shape index (κ2) is 5.36. The average Bonchev–Trinajstić information content (AvgIpc) is 2.92. The van der Waals surface area contributed by atoms with E-state index in [1.165, 1.54) is 28.0 Å². The third-order valence-corrected chi connectivity index (χ3v) is 6.45. The number of aliphatic hydroxyl groups is 1. The Morgan fingerprint density at radius 3 is 2.73 bits per heavy atom. The van der Waals surface area contributed by atoms with Crippen molar-refractivity contribution in [3.63, 3.8) is 0 Å². The first-order chi connectivity index (χ1) is 10.3. The Balaban J connectivity index is 1.97. The zero-order valence-corrected chi connectivity index (χ0v) is 13.9. The summed E-state index contributed by atoms with van der Waals surface area (Å²) < 4.78 is 0.765. The van der Waals surface area contributed by atoms with E-state index in [4.69, 9.17) is 0 Å². The lowest BCUT2D eigenvalue weighted by Gasteiger charge is -2.46. The van der Waals surface area contributed by atoms with Crippen LogP contribution in [0.15, 0.2) is 20.3 Å². The third kappa shape index (κ3) is 2.17. The summed E-state index contributed by atoms with van der Waals surface area (Å²) in [7, 11) is 0. The first-order valence-corrected chi connectivity index (χ1v) is 8.61. The molecular weight excluding hydrogens is 324 g/mol. The highest BCUT2D eigenvalue weighted by Gasteiger charge is 2.60. The molecule has 3 heterocycles. The first kappa shape index (κ1) is 15.5. The van der Waals surface area contributed by atoms with Gasteiger partial charge in [0, 0.05) is 21.9 Å². The standard InChI is InChI=1S/C14H16N2O4S2/c1-5-4-21-14(15-5)22-11-6(2)9-8(7(3)17)12(18)16(9)10(11)13(19)20/h4,6-9,17H,1-3H3,(H,19,20)/t6-,7?,8+,9+/m1/s1. The molecule has 0 aliphatic carbocycles. The Labute approximate surface area is 135 Å². The van der Waals surface area contributed by atoms with E-state index in [9.17, 15) is 19.8 Å².